The highest BCUT2D eigenvalue weighted by atomic mass is 16.5. The van der Waals surface area contributed by atoms with E-state index in [-0.39, 0.29) is 18.1 Å². The summed E-state index contributed by atoms with van der Waals surface area (Å²) in [6, 6.07) is 0.537. The number of carbonyl (C=O) groups excluding carboxylic acids is 1. The van der Waals surface area contributed by atoms with Crippen molar-refractivity contribution < 1.29 is 14.6 Å². The van der Waals surface area contributed by atoms with Gasteiger partial charge in [0.1, 0.15) is 0 Å². The van der Waals surface area contributed by atoms with Gasteiger partial charge in [-0.1, -0.05) is 6.42 Å². The van der Waals surface area contributed by atoms with E-state index in [0.717, 1.165) is 50.6 Å². The summed E-state index contributed by atoms with van der Waals surface area (Å²) in [6.45, 7) is 3.90. The van der Waals surface area contributed by atoms with E-state index < -0.39 is 5.60 Å². The number of nitrogens with one attached hydrogen (secondary N) is 1. The van der Waals surface area contributed by atoms with E-state index in [4.69, 9.17) is 4.74 Å². The Hall–Kier alpha value is -1.69. The lowest BCUT2D eigenvalue weighted by Crippen LogP contribution is -2.61. The summed E-state index contributed by atoms with van der Waals surface area (Å²) in [5.74, 6) is 1.71. The normalized spacial score (nSPS) is 36.4. The fourth-order valence-corrected chi connectivity index (χ4v) is 6.26. The van der Waals surface area contributed by atoms with E-state index >= 15 is 0 Å². The van der Waals surface area contributed by atoms with Crippen LogP contribution in [0.1, 0.15) is 87.2 Å². The molecule has 1 aromatic heterocycles. The molecule has 6 rings (SSSR count). The topological polar surface area (TPSA) is 84.3 Å². The van der Waals surface area contributed by atoms with Gasteiger partial charge in [-0.05, 0) is 76.5 Å². The number of amides is 1. The highest BCUT2D eigenvalue weighted by Gasteiger charge is 2.55. The Bertz CT molecular complexity index is 760. The zero-order valence-electron chi connectivity index (χ0n) is 16.9. The summed E-state index contributed by atoms with van der Waals surface area (Å²) in [6.07, 6.45) is 9.87. The molecule has 2 atom stereocenters. The van der Waals surface area contributed by atoms with Crippen LogP contribution in [0.3, 0.4) is 0 Å². The van der Waals surface area contributed by atoms with Crippen molar-refractivity contribution in [1.29, 1.82) is 0 Å². The van der Waals surface area contributed by atoms with Crippen molar-refractivity contribution >= 4 is 5.91 Å². The van der Waals surface area contributed by atoms with Gasteiger partial charge in [0.15, 0.2) is 0 Å². The lowest BCUT2D eigenvalue weighted by Gasteiger charge is -2.58. The first-order valence-corrected chi connectivity index (χ1v) is 11.0. The van der Waals surface area contributed by atoms with Gasteiger partial charge in [0, 0.05) is 18.2 Å². The second-order valence-electron chi connectivity index (χ2n) is 9.94. The minimum atomic E-state index is -0.478. The highest BCUT2D eigenvalue weighted by Crippen LogP contribution is 2.55. The number of hydrogen-bond donors (Lipinski definition) is 2. The zero-order chi connectivity index (χ0) is 19.5. The molecule has 1 heterocycles. The number of carbonyl (C=O) groups is 1. The van der Waals surface area contributed by atoms with Crippen LogP contribution in [0.25, 0.3) is 0 Å². The average Bonchev–Trinajstić information content (AvgIpc) is 2.54. The molecule has 6 nitrogen and oxygen atoms in total. The quantitative estimate of drug-likeness (QED) is 0.813. The molecular formula is C22H31N3O3. The van der Waals surface area contributed by atoms with Crippen molar-refractivity contribution in [3.63, 3.8) is 0 Å². The van der Waals surface area contributed by atoms with E-state index in [1.165, 1.54) is 6.42 Å². The molecule has 0 radical (unpaired) electrons. The van der Waals surface area contributed by atoms with Gasteiger partial charge >= 0.3 is 6.01 Å². The van der Waals surface area contributed by atoms with E-state index in [1.54, 1.807) is 6.20 Å². The Labute approximate surface area is 166 Å². The van der Waals surface area contributed by atoms with Crippen LogP contribution in [-0.2, 0) is 0 Å². The molecule has 5 saturated carbocycles. The first kappa shape index (κ1) is 18.3. The molecule has 1 aromatic rings. The second kappa shape index (κ2) is 6.68. The first-order chi connectivity index (χ1) is 13.4. The van der Waals surface area contributed by atoms with Gasteiger partial charge in [0.2, 0.25) is 0 Å². The van der Waals surface area contributed by atoms with E-state index in [2.05, 4.69) is 15.3 Å². The van der Waals surface area contributed by atoms with Crippen LogP contribution in [0.5, 0.6) is 6.01 Å². The minimum Gasteiger partial charge on any atom is -0.461 e. The smallest absolute Gasteiger partial charge is 0.316 e. The maximum Gasteiger partial charge on any atom is 0.316 e. The maximum absolute atomic E-state index is 13.2. The number of aromatic nitrogens is 2. The molecular weight excluding hydrogens is 354 g/mol. The molecule has 2 N–H and O–H groups in total. The van der Waals surface area contributed by atoms with Crippen molar-refractivity contribution in [2.45, 2.75) is 88.9 Å². The molecule has 5 aliphatic carbocycles. The number of aliphatic hydroxyl groups is 1. The fraction of sp³-hybridized carbons (Fsp3) is 0.773. The summed E-state index contributed by atoms with van der Waals surface area (Å²) in [5, 5.41) is 14.1. The van der Waals surface area contributed by atoms with Crippen LogP contribution < -0.4 is 10.1 Å². The summed E-state index contributed by atoms with van der Waals surface area (Å²) < 4.78 is 5.66. The summed E-state index contributed by atoms with van der Waals surface area (Å²) >= 11 is 0. The molecule has 4 bridgehead atoms. The van der Waals surface area contributed by atoms with Gasteiger partial charge < -0.3 is 15.2 Å². The number of nitrogens with zero attached hydrogens (tertiary/aromatic N) is 2. The minimum absolute atomic E-state index is 0.00719. The molecule has 0 spiro atoms. The van der Waals surface area contributed by atoms with Crippen molar-refractivity contribution in [3.05, 3.63) is 17.5 Å². The third-order valence-corrected chi connectivity index (χ3v) is 7.41. The Morgan fingerprint density at radius 3 is 2.54 bits per heavy atom. The van der Waals surface area contributed by atoms with E-state index in [0.29, 0.717) is 35.2 Å². The predicted molar refractivity (Wildman–Crippen MR) is 104 cm³/mol. The average molecular weight is 386 g/mol. The highest BCUT2D eigenvalue weighted by molar-refractivity contribution is 5.95. The second-order valence-corrected chi connectivity index (χ2v) is 9.94. The van der Waals surface area contributed by atoms with Crippen LogP contribution in [0.4, 0.5) is 0 Å². The van der Waals surface area contributed by atoms with Gasteiger partial charge in [-0.3, -0.25) is 4.79 Å². The predicted octanol–water partition coefficient (Wildman–Crippen LogP) is 3.20. The molecule has 2 unspecified atom stereocenters. The SMILES string of the molecule is CC(C)Oc1ncc(C(=O)NC2C3CC4CC2CC(O)(C4)C3)c(C2CCC2)n1. The zero-order valence-corrected chi connectivity index (χ0v) is 16.9. The largest absolute Gasteiger partial charge is 0.461 e. The molecule has 28 heavy (non-hydrogen) atoms. The van der Waals surface area contributed by atoms with E-state index in [9.17, 15) is 9.90 Å². The molecule has 5 aliphatic rings. The van der Waals surface area contributed by atoms with Crippen LogP contribution >= 0.6 is 0 Å². The fourth-order valence-electron chi connectivity index (χ4n) is 6.26. The van der Waals surface area contributed by atoms with Crippen molar-refractivity contribution in [1.82, 2.24) is 15.3 Å². The Balaban J connectivity index is 1.36. The third kappa shape index (κ3) is 3.19. The Morgan fingerprint density at radius 2 is 1.96 bits per heavy atom. The molecule has 1 amide bonds. The van der Waals surface area contributed by atoms with Crippen LogP contribution in [0.2, 0.25) is 0 Å². The van der Waals surface area contributed by atoms with Gasteiger partial charge in [0.05, 0.1) is 23.0 Å². The maximum atomic E-state index is 13.2. The first-order valence-electron chi connectivity index (χ1n) is 11.0. The molecule has 5 fully saturated rings. The van der Waals surface area contributed by atoms with Crippen LogP contribution in [0, 0.1) is 17.8 Å². The summed E-state index contributed by atoms with van der Waals surface area (Å²) in [4.78, 5) is 22.1. The van der Waals surface area contributed by atoms with Crippen LogP contribution in [-0.4, -0.2) is 38.7 Å². The Kier molecular flexibility index (Phi) is 4.38. The molecule has 0 aliphatic heterocycles. The third-order valence-electron chi connectivity index (χ3n) is 7.41. The van der Waals surface area contributed by atoms with Gasteiger partial charge in [-0.25, -0.2) is 4.98 Å². The van der Waals surface area contributed by atoms with Crippen LogP contribution in [0.15, 0.2) is 6.20 Å². The molecule has 0 saturated heterocycles. The summed E-state index contributed by atoms with van der Waals surface area (Å²) in [5.41, 5.74) is 0.971. The number of hydrogen-bond acceptors (Lipinski definition) is 5. The van der Waals surface area contributed by atoms with Crippen molar-refractivity contribution in [2.24, 2.45) is 17.8 Å². The monoisotopic (exact) mass is 385 g/mol. The molecule has 0 aromatic carbocycles. The van der Waals surface area contributed by atoms with Gasteiger partial charge in [0.25, 0.3) is 5.91 Å². The Morgan fingerprint density at radius 1 is 1.25 bits per heavy atom. The van der Waals surface area contributed by atoms with Crippen molar-refractivity contribution in [2.75, 3.05) is 0 Å². The van der Waals surface area contributed by atoms with Gasteiger partial charge in [-0.2, -0.15) is 4.98 Å². The van der Waals surface area contributed by atoms with Crippen molar-refractivity contribution in [3.8, 4) is 6.01 Å². The standard InChI is InChI=1S/C22H31N3O3/c1-12(2)28-21-23-11-17(19(25-21)14-4-3-5-14)20(26)24-18-15-6-13-7-16(18)10-22(27,8-13)9-15/h11-16,18,27H,3-10H2,1-2H3,(H,24,26). The lowest BCUT2D eigenvalue weighted by molar-refractivity contribution is -0.136. The molecule has 152 valence electrons. The lowest BCUT2D eigenvalue weighted by atomic mass is 9.52. The van der Waals surface area contributed by atoms with Gasteiger partial charge in [-0.15, -0.1) is 0 Å². The van der Waals surface area contributed by atoms with E-state index in [1.807, 2.05) is 13.8 Å². The number of ether oxygens (including phenoxy) is 1. The summed E-state index contributed by atoms with van der Waals surface area (Å²) in [7, 11) is 0. The molecule has 6 heteroatoms. The number of rotatable bonds is 5.